The number of nitrogen functional groups attached to an aromatic ring is 1. The van der Waals surface area contributed by atoms with Crippen LogP contribution in [0.2, 0.25) is 5.02 Å². The van der Waals surface area contributed by atoms with Gasteiger partial charge in [-0.3, -0.25) is 0 Å². The highest BCUT2D eigenvalue weighted by Gasteiger charge is 2.12. The predicted octanol–water partition coefficient (Wildman–Crippen LogP) is 3.84. The standard InChI is InChI=1S/C16H16ClNO2/c1-2-11-3-5-12(6-4-11)10-20-16(19)14-9-13(18)7-8-15(14)17/h3-9H,2,10,18H2,1H3. The fraction of sp³-hybridized carbons (Fsp3) is 0.188. The van der Waals surface area contributed by atoms with Crippen molar-refractivity contribution in [3.8, 4) is 0 Å². The monoisotopic (exact) mass is 289 g/mol. The van der Waals surface area contributed by atoms with Crippen LogP contribution in [0.1, 0.15) is 28.4 Å². The highest BCUT2D eigenvalue weighted by Crippen LogP contribution is 2.20. The second-order valence-electron chi connectivity index (χ2n) is 4.49. The van der Waals surface area contributed by atoms with Crippen LogP contribution in [-0.2, 0) is 17.8 Å². The largest absolute Gasteiger partial charge is 0.457 e. The van der Waals surface area contributed by atoms with Gasteiger partial charge in [-0.25, -0.2) is 4.79 Å². The Bertz CT molecular complexity index is 608. The van der Waals surface area contributed by atoms with E-state index in [0.717, 1.165) is 12.0 Å². The molecule has 0 aliphatic carbocycles. The zero-order valence-corrected chi connectivity index (χ0v) is 12.0. The molecule has 0 aliphatic rings. The SMILES string of the molecule is CCc1ccc(COC(=O)c2cc(N)ccc2Cl)cc1. The van der Waals surface area contributed by atoms with Crippen LogP contribution in [0.5, 0.6) is 0 Å². The molecule has 0 saturated heterocycles. The van der Waals surface area contributed by atoms with E-state index >= 15 is 0 Å². The fourth-order valence-electron chi connectivity index (χ4n) is 1.80. The third-order valence-electron chi connectivity index (χ3n) is 3.01. The summed E-state index contributed by atoms with van der Waals surface area (Å²) in [6, 6.07) is 12.7. The van der Waals surface area contributed by atoms with Gasteiger partial charge in [0.05, 0.1) is 10.6 Å². The van der Waals surface area contributed by atoms with Crippen LogP contribution in [0.4, 0.5) is 5.69 Å². The third-order valence-corrected chi connectivity index (χ3v) is 3.34. The minimum absolute atomic E-state index is 0.216. The summed E-state index contributed by atoms with van der Waals surface area (Å²) in [5.41, 5.74) is 8.60. The molecule has 3 nitrogen and oxygen atoms in total. The van der Waals surface area contributed by atoms with E-state index in [1.54, 1.807) is 12.1 Å². The van der Waals surface area contributed by atoms with Crippen molar-refractivity contribution in [3.63, 3.8) is 0 Å². The first kappa shape index (κ1) is 14.4. The Balaban J connectivity index is 2.02. The Kier molecular flexibility index (Phi) is 4.64. The molecule has 0 heterocycles. The molecule has 0 amide bonds. The Morgan fingerprint density at radius 3 is 2.45 bits per heavy atom. The van der Waals surface area contributed by atoms with Gasteiger partial charge in [-0.1, -0.05) is 42.8 Å². The van der Waals surface area contributed by atoms with Crippen LogP contribution >= 0.6 is 11.6 Å². The zero-order chi connectivity index (χ0) is 14.5. The molecule has 0 bridgehead atoms. The maximum absolute atomic E-state index is 12.0. The molecular weight excluding hydrogens is 274 g/mol. The molecule has 0 radical (unpaired) electrons. The molecule has 2 aromatic rings. The van der Waals surface area contributed by atoms with Crippen LogP contribution in [0, 0.1) is 0 Å². The van der Waals surface area contributed by atoms with E-state index in [0.29, 0.717) is 10.7 Å². The average Bonchev–Trinajstić information content (AvgIpc) is 2.47. The number of nitrogens with two attached hydrogens (primary N) is 1. The van der Waals surface area contributed by atoms with Gasteiger partial charge < -0.3 is 10.5 Å². The van der Waals surface area contributed by atoms with E-state index < -0.39 is 5.97 Å². The highest BCUT2D eigenvalue weighted by atomic mass is 35.5. The molecule has 0 spiro atoms. The number of ether oxygens (including phenoxy) is 1. The highest BCUT2D eigenvalue weighted by molar-refractivity contribution is 6.33. The van der Waals surface area contributed by atoms with Crippen molar-refractivity contribution in [2.24, 2.45) is 0 Å². The second kappa shape index (κ2) is 6.44. The number of hydrogen-bond acceptors (Lipinski definition) is 3. The minimum Gasteiger partial charge on any atom is -0.457 e. The number of halogens is 1. The van der Waals surface area contributed by atoms with Crippen molar-refractivity contribution >= 4 is 23.3 Å². The Labute approximate surface area is 123 Å². The van der Waals surface area contributed by atoms with Gasteiger partial charge in [0, 0.05) is 5.69 Å². The Morgan fingerprint density at radius 2 is 1.80 bits per heavy atom. The first-order valence-corrected chi connectivity index (χ1v) is 6.78. The molecule has 0 atom stereocenters. The van der Waals surface area contributed by atoms with Crippen LogP contribution in [0.25, 0.3) is 0 Å². The predicted molar refractivity (Wildman–Crippen MR) is 80.8 cm³/mol. The summed E-state index contributed by atoms with van der Waals surface area (Å²) in [4.78, 5) is 12.0. The normalized spacial score (nSPS) is 10.3. The quantitative estimate of drug-likeness (QED) is 0.687. The van der Waals surface area contributed by atoms with Crippen molar-refractivity contribution in [1.82, 2.24) is 0 Å². The fourth-order valence-corrected chi connectivity index (χ4v) is 1.99. The van der Waals surface area contributed by atoms with E-state index in [9.17, 15) is 4.79 Å². The third kappa shape index (κ3) is 3.52. The van der Waals surface area contributed by atoms with Crippen LogP contribution in [0.15, 0.2) is 42.5 Å². The van der Waals surface area contributed by atoms with Gasteiger partial charge in [-0.2, -0.15) is 0 Å². The molecule has 0 aromatic heterocycles. The van der Waals surface area contributed by atoms with Gasteiger partial charge in [-0.05, 0) is 35.7 Å². The molecule has 0 aliphatic heterocycles. The van der Waals surface area contributed by atoms with Gasteiger partial charge in [0.25, 0.3) is 0 Å². The van der Waals surface area contributed by atoms with Crippen molar-refractivity contribution in [3.05, 3.63) is 64.2 Å². The smallest absolute Gasteiger partial charge is 0.340 e. The number of hydrogen-bond donors (Lipinski definition) is 1. The van der Waals surface area contributed by atoms with Gasteiger partial charge >= 0.3 is 5.97 Å². The van der Waals surface area contributed by atoms with Crippen LogP contribution in [-0.4, -0.2) is 5.97 Å². The molecular formula is C16H16ClNO2. The summed E-state index contributed by atoms with van der Waals surface area (Å²) in [6.07, 6.45) is 0.985. The van der Waals surface area contributed by atoms with E-state index in [4.69, 9.17) is 22.1 Å². The summed E-state index contributed by atoms with van der Waals surface area (Å²) in [6.45, 7) is 2.31. The molecule has 0 fully saturated rings. The number of carbonyl (C=O) groups excluding carboxylic acids is 1. The summed E-state index contributed by atoms with van der Waals surface area (Å²) < 4.78 is 5.24. The lowest BCUT2D eigenvalue weighted by Crippen LogP contribution is -2.06. The average molecular weight is 290 g/mol. The Hall–Kier alpha value is -2.00. The topological polar surface area (TPSA) is 52.3 Å². The number of carbonyl (C=O) groups is 1. The number of rotatable bonds is 4. The number of benzene rings is 2. The van der Waals surface area contributed by atoms with E-state index in [-0.39, 0.29) is 12.2 Å². The maximum atomic E-state index is 12.0. The lowest BCUT2D eigenvalue weighted by molar-refractivity contribution is 0.0473. The van der Waals surface area contributed by atoms with Crippen LogP contribution < -0.4 is 5.73 Å². The second-order valence-corrected chi connectivity index (χ2v) is 4.89. The number of anilines is 1. The molecule has 0 saturated carbocycles. The van der Waals surface area contributed by atoms with Gasteiger partial charge in [0.15, 0.2) is 0 Å². The van der Waals surface area contributed by atoms with Crippen molar-refractivity contribution in [2.45, 2.75) is 20.0 Å². The molecule has 2 N–H and O–H groups in total. The van der Waals surface area contributed by atoms with Crippen molar-refractivity contribution in [1.29, 1.82) is 0 Å². The van der Waals surface area contributed by atoms with Gasteiger partial charge in [0.2, 0.25) is 0 Å². The summed E-state index contributed by atoms with van der Waals surface area (Å²) in [7, 11) is 0. The van der Waals surface area contributed by atoms with E-state index in [1.807, 2.05) is 24.3 Å². The summed E-state index contributed by atoms with van der Waals surface area (Å²) >= 11 is 5.96. The van der Waals surface area contributed by atoms with Crippen molar-refractivity contribution in [2.75, 3.05) is 5.73 Å². The van der Waals surface area contributed by atoms with E-state index in [2.05, 4.69) is 6.92 Å². The van der Waals surface area contributed by atoms with Gasteiger partial charge in [-0.15, -0.1) is 0 Å². The molecule has 104 valence electrons. The number of esters is 1. The molecule has 0 unspecified atom stereocenters. The molecule has 2 aromatic carbocycles. The van der Waals surface area contributed by atoms with Crippen molar-refractivity contribution < 1.29 is 9.53 Å². The molecule has 4 heteroatoms. The lowest BCUT2D eigenvalue weighted by atomic mass is 10.1. The molecule has 20 heavy (non-hydrogen) atoms. The number of aryl methyl sites for hydroxylation is 1. The lowest BCUT2D eigenvalue weighted by Gasteiger charge is -2.07. The van der Waals surface area contributed by atoms with E-state index in [1.165, 1.54) is 11.6 Å². The first-order chi connectivity index (χ1) is 9.60. The maximum Gasteiger partial charge on any atom is 0.340 e. The Morgan fingerprint density at radius 1 is 1.15 bits per heavy atom. The minimum atomic E-state index is -0.470. The van der Waals surface area contributed by atoms with Crippen LogP contribution in [0.3, 0.4) is 0 Å². The summed E-state index contributed by atoms with van der Waals surface area (Å²) in [5.74, 6) is -0.470. The zero-order valence-electron chi connectivity index (χ0n) is 11.2. The molecule has 2 rings (SSSR count). The van der Waals surface area contributed by atoms with Gasteiger partial charge in [0.1, 0.15) is 6.61 Å². The summed E-state index contributed by atoms with van der Waals surface area (Å²) in [5, 5.41) is 0.338. The first-order valence-electron chi connectivity index (χ1n) is 6.40.